The summed E-state index contributed by atoms with van der Waals surface area (Å²) in [7, 11) is 0. The third-order valence-electron chi connectivity index (χ3n) is 1.81. The fourth-order valence-corrected chi connectivity index (χ4v) is 1.06. The molecule has 0 aliphatic rings. The van der Waals surface area contributed by atoms with E-state index in [0.29, 0.717) is 11.5 Å². The monoisotopic (exact) mass is 245 g/mol. The molecule has 0 saturated carbocycles. The van der Waals surface area contributed by atoms with Crippen molar-refractivity contribution in [3.05, 3.63) is 48.3 Å². The summed E-state index contributed by atoms with van der Waals surface area (Å²) in [5.41, 5.74) is 8.00. The molecule has 18 heavy (non-hydrogen) atoms. The number of nitrogens with two attached hydrogens (primary N) is 1. The predicted octanol–water partition coefficient (Wildman–Crippen LogP) is 1.14. The lowest BCUT2D eigenvalue weighted by molar-refractivity contribution is 0.559. The van der Waals surface area contributed by atoms with Gasteiger partial charge in [-0.15, -0.1) is 5.10 Å². The molecule has 7 heteroatoms. The van der Waals surface area contributed by atoms with Crippen LogP contribution in [0.3, 0.4) is 0 Å². The van der Waals surface area contributed by atoms with Gasteiger partial charge < -0.3 is 14.6 Å². The molecule has 0 radical (unpaired) electrons. The van der Waals surface area contributed by atoms with Crippen molar-refractivity contribution in [3.8, 4) is 0 Å². The van der Waals surface area contributed by atoms with Gasteiger partial charge in [-0.05, 0) is 24.3 Å². The Labute approximate surface area is 103 Å². The van der Waals surface area contributed by atoms with Crippen molar-refractivity contribution < 1.29 is 8.83 Å². The second-order valence-corrected chi connectivity index (χ2v) is 3.13. The minimum atomic E-state index is 0.0561. The maximum atomic E-state index is 5.50. The number of hydrazone groups is 1. The Morgan fingerprint density at radius 3 is 2.39 bits per heavy atom. The zero-order valence-corrected chi connectivity index (χ0v) is 9.35. The van der Waals surface area contributed by atoms with Crippen LogP contribution in [-0.2, 0) is 0 Å². The van der Waals surface area contributed by atoms with Crippen LogP contribution in [0.2, 0.25) is 0 Å². The topological polar surface area (TPSA) is 101 Å². The fraction of sp³-hybridized carbons (Fsp3) is 0. The third kappa shape index (κ3) is 3.63. The van der Waals surface area contributed by atoms with Crippen LogP contribution in [0.15, 0.2) is 60.9 Å². The van der Waals surface area contributed by atoms with Crippen LogP contribution < -0.4 is 11.2 Å². The van der Waals surface area contributed by atoms with Crippen LogP contribution in [0, 0.1) is 0 Å². The predicted molar refractivity (Wildman–Crippen MR) is 67.4 cm³/mol. The molecule has 0 amide bonds. The zero-order chi connectivity index (χ0) is 12.6. The van der Waals surface area contributed by atoms with Crippen LogP contribution in [-0.4, -0.2) is 18.4 Å². The van der Waals surface area contributed by atoms with E-state index in [-0.39, 0.29) is 5.96 Å². The highest BCUT2D eigenvalue weighted by Crippen LogP contribution is 1.95. The Morgan fingerprint density at radius 2 is 1.78 bits per heavy atom. The Kier molecular flexibility index (Phi) is 3.91. The molecule has 2 aromatic heterocycles. The molecule has 0 aromatic carbocycles. The lowest BCUT2D eigenvalue weighted by Gasteiger charge is -1.93. The summed E-state index contributed by atoms with van der Waals surface area (Å²) < 4.78 is 10.1. The largest absolute Gasteiger partial charge is 0.463 e. The molecule has 0 fully saturated rings. The first-order valence-electron chi connectivity index (χ1n) is 5.07. The molecule has 0 aliphatic carbocycles. The van der Waals surface area contributed by atoms with Gasteiger partial charge in [-0.2, -0.15) is 10.2 Å². The second-order valence-electron chi connectivity index (χ2n) is 3.13. The average molecular weight is 245 g/mol. The first-order valence-corrected chi connectivity index (χ1v) is 5.07. The summed E-state index contributed by atoms with van der Waals surface area (Å²) in [5, 5.41) is 11.2. The van der Waals surface area contributed by atoms with E-state index in [1.54, 1.807) is 36.8 Å². The van der Waals surface area contributed by atoms with Gasteiger partial charge in [0.15, 0.2) is 0 Å². The van der Waals surface area contributed by atoms with Crippen LogP contribution in [0.1, 0.15) is 11.5 Å². The maximum absolute atomic E-state index is 5.50. The molecular weight excluding hydrogens is 234 g/mol. The number of hydrogen-bond donors (Lipinski definition) is 2. The van der Waals surface area contributed by atoms with Gasteiger partial charge in [-0.1, -0.05) is 0 Å². The highest BCUT2D eigenvalue weighted by molar-refractivity contribution is 5.82. The van der Waals surface area contributed by atoms with E-state index in [1.807, 2.05) is 0 Å². The summed E-state index contributed by atoms with van der Waals surface area (Å²) in [6.07, 6.45) is 6.00. The molecule has 3 N–H and O–H groups in total. The Morgan fingerprint density at radius 1 is 1.11 bits per heavy atom. The molecule has 0 bridgehead atoms. The van der Waals surface area contributed by atoms with Crippen molar-refractivity contribution in [3.63, 3.8) is 0 Å². The lowest BCUT2D eigenvalue weighted by atomic mass is 10.5. The highest BCUT2D eigenvalue weighted by atomic mass is 16.3. The van der Waals surface area contributed by atoms with Gasteiger partial charge in [0.1, 0.15) is 11.5 Å². The van der Waals surface area contributed by atoms with Gasteiger partial charge in [-0.3, -0.25) is 0 Å². The van der Waals surface area contributed by atoms with Crippen molar-refractivity contribution >= 4 is 18.4 Å². The third-order valence-corrected chi connectivity index (χ3v) is 1.81. The van der Waals surface area contributed by atoms with Crippen molar-refractivity contribution in [2.45, 2.75) is 0 Å². The molecule has 0 aliphatic heterocycles. The first kappa shape index (κ1) is 11.6. The van der Waals surface area contributed by atoms with Crippen molar-refractivity contribution in [1.29, 1.82) is 0 Å². The van der Waals surface area contributed by atoms with Gasteiger partial charge in [0, 0.05) is 0 Å². The van der Waals surface area contributed by atoms with E-state index < -0.39 is 0 Å². The standard InChI is InChI=1S/C11H11N5O2/c12-11(15-13-7-9-3-1-5-17-9)16-14-8-10-4-2-6-18-10/h1-8H,(H3,12,15,16)/b13-7+,14-8+. The normalized spacial score (nSPS) is 12.6. The minimum absolute atomic E-state index is 0.0561. The lowest BCUT2D eigenvalue weighted by Crippen LogP contribution is -2.26. The fourth-order valence-electron chi connectivity index (χ4n) is 1.06. The molecule has 0 spiro atoms. The van der Waals surface area contributed by atoms with Crippen molar-refractivity contribution in [1.82, 2.24) is 5.43 Å². The van der Waals surface area contributed by atoms with Gasteiger partial charge in [-0.25, -0.2) is 5.43 Å². The molecule has 2 aromatic rings. The van der Waals surface area contributed by atoms with E-state index in [9.17, 15) is 0 Å². The highest BCUT2D eigenvalue weighted by Gasteiger charge is 1.90. The number of hydrogen-bond acceptors (Lipinski definition) is 5. The molecule has 7 nitrogen and oxygen atoms in total. The molecule has 2 rings (SSSR count). The van der Waals surface area contributed by atoms with Crippen LogP contribution in [0.25, 0.3) is 0 Å². The van der Waals surface area contributed by atoms with Gasteiger partial charge in [0.2, 0.25) is 5.96 Å². The van der Waals surface area contributed by atoms with Crippen LogP contribution in [0.5, 0.6) is 0 Å². The number of guanidine groups is 1. The van der Waals surface area contributed by atoms with E-state index in [2.05, 4.69) is 20.7 Å². The van der Waals surface area contributed by atoms with Gasteiger partial charge in [0.25, 0.3) is 0 Å². The summed E-state index contributed by atoms with van der Waals surface area (Å²) >= 11 is 0. The Balaban J connectivity index is 1.82. The van der Waals surface area contributed by atoms with Crippen molar-refractivity contribution in [2.75, 3.05) is 0 Å². The first-order chi connectivity index (χ1) is 8.84. The molecule has 0 atom stereocenters. The summed E-state index contributed by atoms with van der Waals surface area (Å²) in [5.74, 6) is 1.25. The summed E-state index contributed by atoms with van der Waals surface area (Å²) in [6.45, 7) is 0. The SMILES string of the molecule is N/C(=N\N=C\c1ccco1)N/N=C/c1ccco1. The number of nitrogens with zero attached hydrogens (tertiary/aromatic N) is 3. The Hall–Kier alpha value is -2.83. The molecular formula is C11H11N5O2. The minimum Gasteiger partial charge on any atom is -0.463 e. The zero-order valence-electron chi connectivity index (χ0n) is 9.35. The number of rotatable bonds is 4. The second kappa shape index (κ2) is 6.04. The molecule has 0 unspecified atom stereocenters. The average Bonchev–Trinajstić information content (AvgIpc) is 3.01. The van der Waals surface area contributed by atoms with Crippen molar-refractivity contribution in [2.24, 2.45) is 21.0 Å². The smallest absolute Gasteiger partial charge is 0.234 e. The van der Waals surface area contributed by atoms with Gasteiger partial charge >= 0.3 is 0 Å². The maximum Gasteiger partial charge on any atom is 0.234 e. The quantitative estimate of drug-likeness (QED) is 0.479. The summed E-state index contributed by atoms with van der Waals surface area (Å²) in [6, 6.07) is 7.01. The molecule has 2 heterocycles. The Bertz CT molecular complexity index is 540. The number of nitrogens with one attached hydrogen (secondary N) is 1. The van der Waals surface area contributed by atoms with Crippen LogP contribution in [0.4, 0.5) is 0 Å². The molecule has 0 saturated heterocycles. The van der Waals surface area contributed by atoms with E-state index in [4.69, 9.17) is 14.6 Å². The van der Waals surface area contributed by atoms with E-state index in [0.717, 1.165) is 0 Å². The molecule has 92 valence electrons. The number of furan rings is 2. The van der Waals surface area contributed by atoms with E-state index in [1.165, 1.54) is 12.4 Å². The van der Waals surface area contributed by atoms with Crippen LogP contribution >= 0.6 is 0 Å². The van der Waals surface area contributed by atoms with E-state index >= 15 is 0 Å². The summed E-state index contributed by atoms with van der Waals surface area (Å²) in [4.78, 5) is 0. The van der Waals surface area contributed by atoms with Gasteiger partial charge in [0.05, 0.1) is 25.0 Å².